The molecule has 0 fully saturated rings. The fourth-order valence-corrected chi connectivity index (χ4v) is 3.89. The van der Waals surface area contributed by atoms with E-state index in [1.165, 1.54) is 17.3 Å². The zero-order valence-electron chi connectivity index (χ0n) is 16.8. The number of carbonyl (C=O) groups is 1. The lowest BCUT2D eigenvalue weighted by Gasteiger charge is -2.24. The Morgan fingerprint density at radius 2 is 1.79 bits per heavy atom. The monoisotopic (exact) mass is 394 g/mol. The number of rotatable bonds is 7. The topological polar surface area (TPSA) is 51.0 Å². The third-order valence-corrected chi connectivity index (χ3v) is 5.81. The number of hydrogen-bond acceptors (Lipinski definition) is 4. The van der Waals surface area contributed by atoms with Gasteiger partial charge in [-0.2, -0.15) is 0 Å². The first kappa shape index (κ1) is 20.1. The van der Waals surface area contributed by atoms with Crippen LogP contribution in [0.5, 0.6) is 0 Å². The second-order valence-electron chi connectivity index (χ2n) is 6.83. The highest BCUT2D eigenvalue weighted by atomic mass is 32.2. The minimum atomic E-state index is -0.238. The molecule has 28 heavy (non-hydrogen) atoms. The van der Waals surface area contributed by atoms with E-state index >= 15 is 0 Å². The van der Waals surface area contributed by atoms with Gasteiger partial charge in [-0.3, -0.25) is 4.79 Å². The Hall–Kier alpha value is -2.60. The number of aromatic nitrogens is 3. The van der Waals surface area contributed by atoms with Gasteiger partial charge in [-0.05, 0) is 26.3 Å². The van der Waals surface area contributed by atoms with Crippen molar-refractivity contribution < 1.29 is 4.79 Å². The Morgan fingerprint density at radius 1 is 1.11 bits per heavy atom. The van der Waals surface area contributed by atoms with Gasteiger partial charge in [-0.1, -0.05) is 71.9 Å². The van der Waals surface area contributed by atoms with E-state index in [0.717, 1.165) is 22.1 Å². The minimum absolute atomic E-state index is 0.108. The Kier molecular flexibility index (Phi) is 6.52. The second kappa shape index (κ2) is 9.06. The van der Waals surface area contributed by atoms with Crippen LogP contribution in [0.1, 0.15) is 25.0 Å². The fraction of sp³-hybridized carbons (Fsp3) is 0.318. The average molecular weight is 395 g/mol. The molecule has 0 aliphatic carbocycles. The number of amides is 1. The molecule has 0 saturated carbocycles. The van der Waals surface area contributed by atoms with Crippen LogP contribution in [0, 0.1) is 6.92 Å². The number of benzene rings is 2. The molecule has 1 atom stereocenters. The van der Waals surface area contributed by atoms with E-state index in [1.54, 1.807) is 0 Å². The Bertz CT molecular complexity index is 921. The van der Waals surface area contributed by atoms with Crippen LogP contribution >= 0.6 is 11.8 Å². The van der Waals surface area contributed by atoms with E-state index in [9.17, 15) is 4.79 Å². The standard InChI is InChI=1S/C22H26N4OS/c1-5-26(15-18-9-7-6-8-10-18)21(27)17(3)28-22-24-23-20(25(22)4)19-13-11-16(2)12-14-19/h6-14,17H,5,15H2,1-4H3. The molecule has 2 aromatic carbocycles. The maximum atomic E-state index is 13.0. The van der Waals surface area contributed by atoms with Gasteiger partial charge in [0.05, 0.1) is 5.25 Å². The Morgan fingerprint density at radius 3 is 2.43 bits per heavy atom. The first-order valence-electron chi connectivity index (χ1n) is 9.45. The maximum absolute atomic E-state index is 13.0. The van der Waals surface area contributed by atoms with Crippen molar-refractivity contribution in [3.8, 4) is 11.4 Å². The molecule has 0 saturated heterocycles. The van der Waals surface area contributed by atoms with Crippen molar-refractivity contribution in [2.24, 2.45) is 7.05 Å². The molecule has 0 bridgehead atoms. The lowest BCUT2D eigenvalue weighted by atomic mass is 10.1. The van der Waals surface area contributed by atoms with Crippen LogP contribution in [-0.2, 0) is 18.4 Å². The smallest absolute Gasteiger partial charge is 0.236 e. The summed E-state index contributed by atoms with van der Waals surface area (Å²) in [6.45, 7) is 7.29. The predicted octanol–water partition coefficient (Wildman–Crippen LogP) is 4.32. The number of nitrogens with zero attached hydrogens (tertiary/aromatic N) is 4. The molecule has 1 heterocycles. The molecule has 1 aromatic heterocycles. The highest BCUT2D eigenvalue weighted by Gasteiger charge is 2.23. The number of thioether (sulfide) groups is 1. The second-order valence-corrected chi connectivity index (χ2v) is 8.14. The molecule has 0 spiro atoms. The summed E-state index contributed by atoms with van der Waals surface area (Å²) in [5, 5.41) is 9.14. The third kappa shape index (κ3) is 4.62. The normalized spacial score (nSPS) is 12.0. The van der Waals surface area contributed by atoms with Crippen molar-refractivity contribution >= 4 is 17.7 Å². The number of hydrogen-bond donors (Lipinski definition) is 0. The van der Waals surface area contributed by atoms with Crippen LogP contribution in [-0.4, -0.2) is 37.4 Å². The summed E-state index contributed by atoms with van der Waals surface area (Å²) in [6, 6.07) is 18.3. The predicted molar refractivity (Wildman–Crippen MR) is 114 cm³/mol. The summed E-state index contributed by atoms with van der Waals surface area (Å²) in [7, 11) is 1.94. The molecule has 146 valence electrons. The summed E-state index contributed by atoms with van der Waals surface area (Å²) in [4.78, 5) is 14.8. The van der Waals surface area contributed by atoms with Gasteiger partial charge in [0.15, 0.2) is 11.0 Å². The molecule has 0 N–H and O–H groups in total. The maximum Gasteiger partial charge on any atom is 0.236 e. The van der Waals surface area contributed by atoms with Crippen LogP contribution < -0.4 is 0 Å². The Balaban J connectivity index is 1.70. The molecule has 0 aliphatic rings. The summed E-state index contributed by atoms with van der Waals surface area (Å²) >= 11 is 1.45. The van der Waals surface area contributed by atoms with Crippen molar-refractivity contribution in [3.05, 3.63) is 65.7 Å². The minimum Gasteiger partial charge on any atom is -0.338 e. The van der Waals surface area contributed by atoms with Gasteiger partial charge in [0.1, 0.15) is 0 Å². The summed E-state index contributed by atoms with van der Waals surface area (Å²) in [6.07, 6.45) is 0. The lowest BCUT2D eigenvalue weighted by molar-refractivity contribution is -0.130. The number of aryl methyl sites for hydroxylation is 1. The van der Waals surface area contributed by atoms with E-state index in [-0.39, 0.29) is 11.2 Å². The van der Waals surface area contributed by atoms with Gasteiger partial charge in [-0.25, -0.2) is 0 Å². The highest BCUT2D eigenvalue weighted by Crippen LogP contribution is 2.27. The molecule has 1 unspecified atom stereocenters. The zero-order chi connectivity index (χ0) is 20.1. The molecule has 1 amide bonds. The van der Waals surface area contributed by atoms with E-state index in [2.05, 4.69) is 29.3 Å². The average Bonchev–Trinajstić information content (AvgIpc) is 3.07. The molecule has 3 rings (SSSR count). The quantitative estimate of drug-likeness (QED) is 0.560. The van der Waals surface area contributed by atoms with Crippen LogP contribution in [0.3, 0.4) is 0 Å². The molecular weight excluding hydrogens is 368 g/mol. The molecule has 0 radical (unpaired) electrons. The third-order valence-electron chi connectivity index (χ3n) is 4.68. The SMILES string of the molecule is CCN(Cc1ccccc1)C(=O)C(C)Sc1nnc(-c2ccc(C)cc2)n1C. The van der Waals surface area contributed by atoms with Crippen LogP contribution in [0.15, 0.2) is 59.8 Å². The van der Waals surface area contributed by atoms with Crippen molar-refractivity contribution in [1.29, 1.82) is 0 Å². The van der Waals surface area contributed by atoms with Crippen LogP contribution in [0.4, 0.5) is 0 Å². The van der Waals surface area contributed by atoms with Gasteiger partial charge in [0, 0.05) is 25.7 Å². The lowest BCUT2D eigenvalue weighted by Crippen LogP contribution is -2.36. The summed E-state index contributed by atoms with van der Waals surface area (Å²) in [5.41, 5.74) is 3.36. The molecule has 5 nitrogen and oxygen atoms in total. The molecular formula is C22H26N4OS. The van der Waals surface area contributed by atoms with Crippen LogP contribution in [0.25, 0.3) is 11.4 Å². The fourth-order valence-electron chi connectivity index (χ4n) is 2.99. The molecule has 3 aromatic rings. The van der Waals surface area contributed by atoms with E-state index in [4.69, 9.17) is 0 Å². The van der Waals surface area contributed by atoms with Crippen molar-refractivity contribution in [3.63, 3.8) is 0 Å². The Labute approximate surface area is 170 Å². The van der Waals surface area contributed by atoms with Gasteiger partial charge in [-0.15, -0.1) is 10.2 Å². The highest BCUT2D eigenvalue weighted by molar-refractivity contribution is 8.00. The van der Waals surface area contributed by atoms with Crippen LogP contribution in [0.2, 0.25) is 0 Å². The van der Waals surface area contributed by atoms with Gasteiger partial charge in [0.2, 0.25) is 5.91 Å². The molecule has 6 heteroatoms. The summed E-state index contributed by atoms with van der Waals surface area (Å²) in [5.74, 6) is 0.912. The van der Waals surface area contributed by atoms with E-state index < -0.39 is 0 Å². The summed E-state index contributed by atoms with van der Waals surface area (Å²) < 4.78 is 1.95. The zero-order valence-corrected chi connectivity index (χ0v) is 17.6. The van der Waals surface area contributed by atoms with E-state index in [0.29, 0.717) is 13.1 Å². The largest absolute Gasteiger partial charge is 0.338 e. The molecule has 0 aliphatic heterocycles. The van der Waals surface area contributed by atoms with Gasteiger partial charge in [0.25, 0.3) is 0 Å². The van der Waals surface area contributed by atoms with Crippen molar-refractivity contribution in [2.75, 3.05) is 6.54 Å². The van der Waals surface area contributed by atoms with Gasteiger partial charge >= 0.3 is 0 Å². The van der Waals surface area contributed by atoms with Crippen molar-refractivity contribution in [2.45, 2.75) is 37.7 Å². The van der Waals surface area contributed by atoms with Crippen molar-refractivity contribution in [1.82, 2.24) is 19.7 Å². The first-order chi connectivity index (χ1) is 13.5. The first-order valence-corrected chi connectivity index (χ1v) is 10.3. The number of carbonyl (C=O) groups excluding carboxylic acids is 1. The van der Waals surface area contributed by atoms with E-state index in [1.807, 2.05) is 72.8 Å². The van der Waals surface area contributed by atoms with Gasteiger partial charge < -0.3 is 9.47 Å².